The second-order valence-corrected chi connectivity index (χ2v) is 14.1. The maximum absolute atomic E-state index is 15.6. The number of alkyl halides is 6. The minimum Gasteiger partial charge on any atom is -0.509 e. The fourth-order valence-corrected chi connectivity index (χ4v) is 7.15. The minimum absolute atomic E-state index is 0.00920. The number of nitrogens with one attached hydrogen (secondary N) is 2. The molecule has 2 amide bonds. The smallest absolute Gasteiger partial charge is 0.433 e. The highest BCUT2D eigenvalue weighted by molar-refractivity contribution is 6.24. The number of carbonyl (C=O) groups excluding carboxylic acids is 2. The van der Waals surface area contributed by atoms with E-state index < -0.39 is 123 Å². The fraction of sp³-hybridized carbons (Fsp3) is 0.421. The van der Waals surface area contributed by atoms with Crippen LogP contribution in [0.2, 0.25) is 0 Å². The number of halogens is 8. The van der Waals surface area contributed by atoms with Gasteiger partial charge in [-0.15, -0.1) is 0 Å². The van der Waals surface area contributed by atoms with E-state index in [9.17, 15) is 50.6 Å². The number of amides is 2. The number of anilines is 1. The first-order valence-electron chi connectivity index (χ1n) is 18.3. The van der Waals surface area contributed by atoms with Crippen molar-refractivity contribution in [1.29, 1.82) is 0 Å². The number of hydrogen-bond donors (Lipinski definition) is 5. The van der Waals surface area contributed by atoms with Gasteiger partial charge in [0.25, 0.3) is 11.8 Å². The first-order valence-corrected chi connectivity index (χ1v) is 18.3. The van der Waals surface area contributed by atoms with Gasteiger partial charge in [-0.05, 0) is 56.0 Å². The SMILES string of the molecule is CCC(CC(C(=O)O)C(=O)O)NCCOc1ccc(CN2C(=O)C(C(=O)Nc3ccc(C(F)(F)F)cc3-c3cc(C(F)(F)F)ncn3)=C(O)C3(CCCC3)N2C)c(F)c1F. The zero-order valence-corrected chi connectivity index (χ0v) is 31.8. The molecule has 14 nitrogen and oxygen atoms in total. The molecule has 1 aliphatic carbocycles. The summed E-state index contributed by atoms with van der Waals surface area (Å²) in [6.07, 6.45) is -8.10. The van der Waals surface area contributed by atoms with Crippen molar-refractivity contribution in [3.8, 4) is 17.0 Å². The number of aliphatic hydroxyl groups excluding tert-OH is 1. The summed E-state index contributed by atoms with van der Waals surface area (Å²) in [5, 5.41) is 37.2. The number of rotatable bonds is 15. The first kappa shape index (κ1) is 45.2. The lowest BCUT2D eigenvalue weighted by Crippen LogP contribution is -2.62. The number of aliphatic hydroxyl groups is 1. The van der Waals surface area contributed by atoms with E-state index in [1.165, 1.54) is 12.1 Å². The standard InChI is InChI=1S/C38H38F8N6O8/c1-3-21(15-23(34(56)57)35(58)59)47-12-13-60-26-9-6-19(29(39)30(26)40)17-52-33(55)28(31(53)36(51(52)2)10-4-5-11-36)32(54)50-24-8-7-20(37(41,42)43)14-22(24)25-16-27(38(44,45)46)49-18-48-25/h6-9,14,16,18,21,23,47,53H,3-5,10-13,15,17H2,1-2H3,(H,50,54)(H,56,57)(H,58,59). The van der Waals surface area contributed by atoms with E-state index >= 15 is 8.78 Å². The third-order valence-electron chi connectivity index (χ3n) is 10.4. The summed E-state index contributed by atoms with van der Waals surface area (Å²) in [7, 11) is 1.38. The Balaban J connectivity index is 1.39. The zero-order valence-electron chi connectivity index (χ0n) is 31.8. The lowest BCUT2D eigenvalue weighted by Gasteiger charge is -2.48. The summed E-state index contributed by atoms with van der Waals surface area (Å²) in [4.78, 5) is 57.3. The number of aromatic nitrogens is 2. The van der Waals surface area contributed by atoms with Gasteiger partial charge in [-0.3, -0.25) is 24.2 Å². The highest BCUT2D eigenvalue weighted by Crippen LogP contribution is 2.45. The largest absolute Gasteiger partial charge is 0.509 e. The lowest BCUT2D eigenvalue weighted by atomic mass is 9.88. The van der Waals surface area contributed by atoms with Crippen LogP contribution in [-0.2, 0) is 38.1 Å². The van der Waals surface area contributed by atoms with Crippen molar-refractivity contribution in [2.45, 2.75) is 75.9 Å². The first-order chi connectivity index (χ1) is 28.1. The molecule has 1 aromatic heterocycles. The zero-order chi connectivity index (χ0) is 44.3. The van der Waals surface area contributed by atoms with Crippen molar-refractivity contribution in [3.05, 3.63) is 82.5 Å². The van der Waals surface area contributed by atoms with Crippen molar-refractivity contribution >= 4 is 29.4 Å². The molecule has 1 spiro atoms. The van der Waals surface area contributed by atoms with Crippen LogP contribution >= 0.6 is 0 Å². The predicted octanol–water partition coefficient (Wildman–Crippen LogP) is 6.33. The van der Waals surface area contributed by atoms with E-state index in [1.807, 2.05) is 0 Å². The van der Waals surface area contributed by atoms with Crippen molar-refractivity contribution in [2.24, 2.45) is 5.92 Å². The molecule has 1 aliphatic heterocycles. The van der Waals surface area contributed by atoms with E-state index in [2.05, 4.69) is 20.6 Å². The molecule has 0 radical (unpaired) electrons. The minimum atomic E-state index is -5.02. The Hall–Kier alpha value is -5.90. The Morgan fingerprint density at radius 2 is 1.62 bits per heavy atom. The Morgan fingerprint density at radius 3 is 2.22 bits per heavy atom. The molecular formula is C38H38F8N6O8. The van der Waals surface area contributed by atoms with E-state index in [4.69, 9.17) is 14.9 Å². The van der Waals surface area contributed by atoms with Crippen LogP contribution in [0, 0.1) is 17.6 Å². The van der Waals surface area contributed by atoms with Gasteiger partial charge in [0, 0.05) is 30.8 Å². The Kier molecular flexibility index (Phi) is 13.4. The van der Waals surface area contributed by atoms with Gasteiger partial charge in [0.1, 0.15) is 30.0 Å². The number of hydrazine groups is 1. The fourth-order valence-electron chi connectivity index (χ4n) is 7.15. The topological polar surface area (TPSA) is 195 Å². The third-order valence-corrected chi connectivity index (χ3v) is 10.4. The molecule has 0 bridgehead atoms. The van der Waals surface area contributed by atoms with Crippen LogP contribution in [0.4, 0.5) is 40.8 Å². The molecule has 3 aromatic rings. The second kappa shape index (κ2) is 17.8. The monoisotopic (exact) mass is 858 g/mol. The van der Waals surface area contributed by atoms with E-state index in [0.717, 1.165) is 23.2 Å². The van der Waals surface area contributed by atoms with E-state index in [1.54, 1.807) is 6.92 Å². The van der Waals surface area contributed by atoms with Gasteiger partial charge >= 0.3 is 24.3 Å². The van der Waals surface area contributed by atoms with Gasteiger partial charge in [0.2, 0.25) is 5.82 Å². The Labute approximate surface area is 335 Å². The molecule has 2 aliphatic rings. The maximum atomic E-state index is 15.6. The van der Waals surface area contributed by atoms with Gasteiger partial charge in [-0.25, -0.2) is 19.4 Å². The average molecular weight is 859 g/mol. The summed E-state index contributed by atoms with van der Waals surface area (Å²) in [6, 6.07) is 3.69. The van der Waals surface area contributed by atoms with Crippen LogP contribution in [0.25, 0.3) is 11.3 Å². The number of carboxylic acids is 2. The number of carboxylic acid groups (broad SMARTS) is 2. The number of carbonyl (C=O) groups is 4. The van der Waals surface area contributed by atoms with Crippen LogP contribution in [0.5, 0.6) is 5.75 Å². The molecule has 1 fully saturated rings. The molecule has 5 N–H and O–H groups in total. The Morgan fingerprint density at radius 1 is 0.950 bits per heavy atom. The van der Waals surface area contributed by atoms with Gasteiger partial charge in [-0.1, -0.05) is 25.8 Å². The molecule has 0 saturated heterocycles. The molecule has 1 saturated carbocycles. The molecular weight excluding hydrogens is 820 g/mol. The summed E-state index contributed by atoms with van der Waals surface area (Å²) in [6.45, 7) is 0.723. The number of nitrogens with zero attached hydrogens (tertiary/aromatic N) is 4. The van der Waals surface area contributed by atoms with Gasteiger partial charge < -0.3 is 30.7 Å². The van der Waals surface area contributed by atoms with Crippen molar-refractivity contribution < 1.29 is 74.4 Å². The maximum Gasteiger partial charge on any atom is 0.433 e. The summed E-state index contributed by atoms with van der Waals surface area (Å²) in [5.74, 6) is -11.4. The molecule has 324 valence electrons. The van der Waals surface area contributed by atoms with E-state index in [0.29, 0.717) is 43.8 Å². The average Bonchev–Trinajstić information content (AvgIpc) is 3.68. The van der Waals surface area contributed by atoms with Gasteiger partial charge in [0.15, 0.2) is 17.5 Å². The number of benzene rings is 2. The number of ether oxygens (including phenoxy) is 1. The number of hydrogen-bond acceptors (Lipinski definition) is 10. The molecule has 1 atom stereocenters. The van der Waals surface area contributed by atoms with Gasteiger partial charge in [0.05, 0.1) is 29.0 Å². The van der Waals surface area contributed by atoms with E-state index in [-0.39, 0.29) is 32.4 Å². The van der Waals surface area contributed by atoms with Crippen LogP contribution in [0.15, 0.2) is 54.1 Å². The molecule has 60 heavy (non-hydrogen) atoms. The molecule has 1 unspecified atom stereocenters. The van der Waals surface area contributed by atoms with Crippen molar-refractivity contribution in [3.63, 3.8) is 0 Å². The van der Waals surface area contributed by atoms with Gasteiger partial charge in [-0.2, -0.15) is 30.7 Å². The number of likely N-dealkylation sites (N-methyl/N-ethyl adjacent to an activating group) is 1. The molecule has 22 heteroatoms. The quantitative estimate of drug-likeness (QED) is 0.0494. The van der Waals surface area contributed by atoms with Crippen molar-refractivity contribution in [1.82, 2.24) is 25.3 Å². The summed E-state index contributed by atoms with van der Waals surface area (Å²) >= 11 is 0. The molecule has 2 heterocycles. The summed E-state index contributed by atoms with van der Waals surface area (Å²) in [5.41, 5.74) is -7.37. The van der Waals surface area contributed by atoms with Crippen LogP contribution in [0.1, 0.15) is 62.3 Å². The van der Waals surface area contributed by atoms with Crippen LogP contribution in [0.3, 0.4) is 0 Å². The second-order valence-electron chi connectivity index (χ2n) is 14.1. The summed E-state index contributed by atoms with van der Waals surface area (Å²) < 4.78 is 118. The van der Waals surface area contributed by atoms with Crippen LogP contribution < -0.4 is 15.4 Å². The molecule has 2 aromatic carbocycles. The van der Waals surface area contributed by atoms with Crippen LogP contribution in [-0.4, -0.2) is 90.8 Å². The number of aliphatic carboxylic acids is 2. The lowest BCUT2D eigenvalue weighted by molar-refractivity contribution is -0.163. The normalized spacial score (nSPS) is 16.4. The molecule has 5 rings (SSSR count). The predicted molar refractivity (Wildman–Crippen MR) is 193 cm³/mol. The van der Waals surface area contributed by atoms with Crippen molar-refractivity contribution in [2.75, 3.05) is 25.5 Å². The Bertz CT molecular complexity index is 2160. The highest BCUT2D eigenvalue weighted by Gasteiger charge is 2.53. The highest BCUT2D eigenvalue weighted by atomic mass is 19.4. The third kappa shape index (κ3) is 9.43.